The standard InChI is InChI=1S/C25H26F2N6O2/c1-15(2)33-20-11-17(10-18(26)25(20)35-14-23(33)34)24-19(27)13-29-21(31-24)9-16-3-4-22(30-12-16)32-7-5-28-6-8-32/h3-4,10-13,15,28H,5-9,14H2,1-2H3. The van der Waals surface area contributed by atoms with Gasteiger partial charge in [-0.05, 0) is 37.6 Å². The second kappa shape index (κ2) is 9.53. The Labute approximate surface area is 202 Å². The zero-order valence-corrected chi connectivity index (χ0v) is 19.6. The fourth-order valence-electron chi connectivity index (χ4n) is 4.42. The number of carbonyl (C=O) groups is 1. The minimum Gasteiger partial charge on any atom is -0.478 e. The normalized spacial score (nSPS) is 15.9. The molecular weight excluding hydrogens is 454 g/mol. The van der Waals surface area contributed by atoms with Crippen LogP contribution in [0.15, 0.2) is 36.7 Å². The topological polar surface area (TPSA) is 83.5 Å². The lowest BCUT2D eigenvalue weighted by atomic mass is 10.1. The summed E-state index contributed by atoms with van der Waals surface area (Å²) in [5.74, 6) is -0.379. The molecule has 35 heavy (non-hydrogen) atoms. The molecule has 0 aliphatic carbocycles. The molecule has 0 atom stereocenters. The van der Waals surface area contributed by atoms with E-state index in [2.05, 4.69) is 25.2 Å². The molecule has 182 valence electrons. The molecule has 1 amide bonds. The predicted molar refractivity (Wildman–Crippen MR) is 128 cm³/mol. The van der Waals surface area contributed by atoms with E-state index >= 15 is 0 Å². The van der Waals surface area contributed by atoms with Crippen LogP contribution in [-0.2, 0) is 11.2 Å². The number of rotatable bonds is 5. The molecule has 2 aromatic heterocycles. The number of aromatic nitrogens is 3. The van der Waals surface area contributed by atoms with Gasteiger partial charge in [0.25, 0.3) is 5.91 Å². The number of amides is 1. The molecule has 0 radical (unpaired) electrons. The minimum absolute atomic E-state index is 0.0209. The van der Waals surface area contributed by atoms with Crippen molar-refractivity contribution in [2.45, 2.75) is 26.3 Å². The number of pyridine rings is 1. The first-order chi connectivity index (χ1) is 16.9. The third-order valence-corrected chi connectivity index (χ3v) is 6.09. The number of carbonyl (C=O) groups excluding carboxylic acids is 1. The van der Waals surface area contributed by atoms with Gasteiger partial charge in [-0.2, -0.15) is 0 Å². The Kier molecular flexibility index (Phi) is 6.29. The molecule has 4 heterocycles. The Balaban J connectivity index is 1.43. The van der Waals surface area contributed by atoms with Crippen LogP contribution in [0.2, 0.25) is 0 Å². The summed E-state index contributed by atoms with van der Waals surface area (Å²) in [5, 5.41) is 3.32. The van der Waals surface area contributed by atoms with E-state index in [1.165, 1.54) is 17.0 Å². The van der Waals surface area contributed by atoms with Crippen molar-refractivity contribution in [3.8, 4) is 17.0 Å². The van der Waals surface area contributed by atoms with Crippen molar-refractivity contribution < 1.29 is 18.3 Å². The van der Waals surface area contributed by atoms with Crippen LogP contribution in [0, 0.1) is 11.6 Å². The summed E-state index contributed by atoms with van der Waals surface area (Å²) < 4.78 is 35.0. The Bertz CT molecular complexity index is 1250. The van der Waals surface area contributed by atoms with Crippen LogP contribution in [0.5, 0.6) is 5.75 Å². The Morgan fingerprint density at radius 2 is 1.89 bits per heavy atom. The van der Waals surface area contributed by atoms with Gasteiger partial charge in [0.2, 0.25) is 0 Å². The number of piperazine rings is 1. The summed E-state index contributed by atoms with van der Waals surface area (Å²) >= 11 is 0. The number of nitrogens with one attached hydrogen (secondary N) is 1. The molecule has 5 rings (SSSR count). The van der Waals surface area contributed by atoms with E-state index < -0.39 is 11.6 Å². The number of hydrogen-bond donors (Lipinski definition) is 1. The zero-order valence-electron chi connectivity index (χ0n) is 19.6. The van der Waals surface area contributed by atoms with Crippen LogP contribution in [0.3, 0.4) is 0 Å². The molecule has 0 unspecified atom stereocenters. The second-order valence-corrected chi connectivity index (χ2v) is 8.87. The average Bonchev–Trinajstić information content (AvgIpc) is 2.85. The van der Waals surface area contributed by atoms with E-state index in [0.717, 1.165) is 43.8 Å². The fourth-order valence-corrected chi connectivity index (χ4v) is 4.42. The summed E-state index contributed by atoms with van der Waals surface area (Å²) in [6, 6.07) is 6.41. The van der Waals surface area contributed by atoms with Gasteiger partial charge in [-0.1, -0.05) is 6.07 Å². The van der Waals surface area contributed by atoms with Crippen molar-refractivity contribution in [1.29, 1.82) is 0 Å². The molecule has 1 saturated heterocycles. The highest BCUT2D eigenvalue weighted by Crippen LogP contribution is 2.39. The molecule has 10 heteroatoms. The summed E-state index contributed by atoms with van der Waals surface area (Å²) in [4.78, 5) is 29.1. The molecule has 3 aromatic rings. The van der Waals surface area contributed by atoms with Crippen molar-refractivity contribution in [2.75, 3.05) is 42.6 Å². The fraction of sp³-hybridized carbons (Fsp3) is 0.360. The third-order valence-electron chi connectivity index (χ3n) is 6.09. The van der Waals surface area contributed by atoms with Crippen LogP contribution in [0.1, 0.15) is 25.2 Å². The maximum Gasteiger partial charge on any atom is 0.265 e. The number of anilines is 2. The van der Waals surface area contributed by atoms with Gasteiger partial charge in [-0.15, -0.1) is 0 Å². The van der Waals surface area contributed by atoms with Crippen LogP contribution in [-0.4, -0.2) is 59.7 Å². The summed E-state index contributed by atoms with van der Waals surface area (Å²) in [6.45, 7) is 7.06. The molecule has 1 N–H and O–H groups in total. The van der Waals surface area contributed by atoms with Gasteiger partial charge < -0.3 is 19.9 Å². The molecule has 2 aliphatic heterocycles. The van der Waals surface area contributed by atoms with Gasteiger partial charge >= 0.3 is 0 Å². The molecule has 0 bridgehead atoms. The van der Waals surface area contributed by atoms with Gasteiger partial charge in [0.15, 0.2) is 24.0 Å². The number of fused-ring (bicyclic) bond motifs is 1. The van der Waals surface area contributed by atoms with Crippen molar-refractivity contribution >= 4 is 17.4 Å². The number of nitrogens with zero attached hydrogens (tertiary/aromatic N) is 5. The Morgan fingerprint density at radius 3 is 2.60 bits per heavy atom. The first-order valence-electron chi connectivity index (χ1n) is 11.6. The maximum absolute atomic E-state index is 14.9. The Hall–Kier alpha value is -3.66. The number of hydrogen-bond acceptors (Lipinski definition) is 7. The second-order valence-electron chi connectivity index (χ2n) is 8.87. The first kappa shape index (κ1) is 23.1. The Morgan fingerprint density at radius 1 is 1.09 bits per heavy atom. The number of ether oxygens (including phenoxy) is 1. The average molecular weight is 481 g/mol. The van der Waals surface area contributed by atoms with Crippen LogP contribution < -0.4 is 19.9 Å². The zero-order chi connectivity index (χ0) is 24.5. The van der Waals surface area contributed by atoms with Gasteiger partial charge in [-0.25, -0.2) is 23.7 Å². The van der Waals surface area contributed by atoms with Crippen molar-refractivity contribution in [3.05, 3.63) is 59.7 Å². The van der Waals surface area contributed by atoms with Gasteiger partial charge in [0, 0.05) is 50.4 Å². The van der Waals surface area contributed by atoms with E-state index in [-0.39, 0.29) is 41.3 Å². The van der Waals surface area contributed by atoms with E-state index in [1.807, 2.05) is 26.0 Å². The van der Waals surface area contributed by atoms with Crippen LogP contribution >= 0.6 is 0 Å². The van der Waals surface area contributed by atoms with Crippen molar-refractivity contribution in [1.82, 2.24) is 20.3 Å². The first-order valence-corrected chi connectivity index (χ1v) is 11.6. The van der Waals surface area contributed by atoms with Gasteiger partial charge in [-0.3, -0.25) is 4.79 Å². The molecule has 1 fully saturated rings. The monoisotopic (exact) mass is 480 g/mol. The largest absolute Gasteiger partial charge is 0.478 e. The molecule has 0 spiro atoms. The molecule has 1 aromatic carbocycles. The quantitative estimate of drug-likeness (QED) is 0.601. The van der Waals surface area contributed by atoms with E-state index in [4.69, 9.17) is 4.74 Å². The summed E-state index contributed by atoms with van der Waals surface area (Å²) in [7, 11) is 0. The lowest BCUT2D eigenvalue weighted by Gasteiger charge is -2.33. The lowest BCUT2D eigenvalue weighted by Crippen LogP contribution is -2.43. The highest BCUT2D eigenvalue weighted by Gasteiger charge is 2.31. The number of benzene rings is 1. The van der Waals surface area contributed by atoms with Gasteiger partial charge in [0.1, 0.15) is 17.3 Å². The molecule has 2 aliphatic rings. The number of halogens is 2. The summed E-state index contributed by atoms with van der Waals surface area (Å²) in [5.41, 5.74) is 1.31. The third kappa shape index (κ3) is 4.66. The van der Waals surface area contributed by atoms with Crippen molar-refractivity contribution in [3.63, 3.8) is 0 Å². The van der Waals surface area contributed by atoms with Gasteiger partial charge in [0.05, 0.1) is 11.9 Å². The van der Waals surface area contributed by atoms with Crippen LogP contribution in [0.4, 0.5) is 20.3 Å². The minimum atomic E-state index is -0.681. The highest BCUT2D eigenvalue weighted by molar-refractivity contribution is 5.99. The smallest absolute Gasteiger partial charge is 0.265 e. The van der Waals surface area contributed by atoms with Crippen LogP contribution in [0.25, 0.3) is 11.3 Å². The van der Waals surface area contributed by atoms with Crippen molar-refractivity contribution in [2.24, 2.45) is 0 Å². The maximum atomic E-state index is 14.9. The SMILES string of the molecule is CC(C)N1C(=O)COc2c(F)cc(-c3nc(Cc4ccc(N5CCNCC5)nc4)ncc3F)cc21. The van der Waals surface area contributed by atoms with E-state index in [1.54, 1.807) is 6.20 Å². The predicted octanol–water partition coefficient (Wildman–Crippen LogP) is 2.95. The summed E-state index contributed by atoms with van der Waals surface area (Å²) in [6.07, 6.45) is 3.19. The molecule has 8 nitrogen and oxygen atoms in total. The molecule has 0 saturated carbocycles. The highest BCUT2D eigenvalue weighted by atomic mass is 19.1. The van der Waals surface area contributed by atoms with E-state index in [9.17, 15) is 13.6 Å². The lowest BCUT2D eigenvalue weighted by molar-refractivity contribution is -0.121. The molecular formula is C25H26F2N6O2. The van der Waals surface area contributed by atoms with E-state index in [0.29, 0.717) is 12.2 Å².